The normalized spacial score (nSPS) is 12.7. The topological polar surface area (TPSA) is 64.5 Å². The average molecular weight is 784 g/mol. The number of benzene rings is 6. The smallest absolute Gasteiger partial charge is 0.164 e. The van der Waals surface area contributed by atoms with E-state index in [0.29, 0.717) is 17.5 Å². The second-order valence-corrected chi connectivity index (χ2v) is 17.6. The molecule has 0 aliphatic heterocycles. The van der Waals surface area contributed by atoms with E-state index in [-0.39, 0.29) is 0 Å². The molecule has 0 amide bonds. The molecule has 268 valence electrons. The number of aryl methyl sites for hydroxylation is 1. The molecule has 8 heteroatoms. The SMILES string of the molecule is C1=Cc2c(sc3cccc(-c4nc(-c5ccccc5)nc(-c5ccc6sc7cc(-c8nc(-c9ccccc9)c9sc%10ccccc%10c9n8)ccc7c6c5)n4)c23)CC1. The van der Waals surface area contributed by atoms with Gasteiger partial charge in [0.2, 0.25) is 0 Å². The first-order valence-electron chi connectivity index (χ1n) is 19.0. The molecule has 0 N–H and O–H groups in total. The summed E-state index contributed by atoms with van der Waals surface area (Å²) in [5.41, 5.74) is 8.31. The van der Waals surface area contributed by atoms with Crippen LogP contribution in [0.4, 0.5) is 0 Å². The van der Waals surface area contributed by atoms with Gasteiger partial charge in [-0.2, -0.15) is 0 Å². The van der Waals surface area contributed by atoms with Gasteiger partial charge in [-0.15, -0.1) is 34.0 Å². The second kappa shape index (κ2) is 13.1. The lowest BCUT2D eigenvalue weighted by molar-refractivity contribution is 1.02. The maximum atomic E-state index is 5.24. The first-order chi connectivity index (χ1) is 28.2. The van der Waals surface area contributed by atoms with E-state index in [1.807, 2.05) is 35.6 Å². The third kappa shape index (κ3) is 5.44. The molecule has 12 rings (SSSR count). The minimum atomic E-state index is 0.659. The quantitative estimate of drug-likeness (QED) is 0.174. The molecule has 5 nitrogen and oxygen atoms in total. The van der Waals surface area contributed by atoms with Gasteiger partial charge in [0.15, 0.2) is 23.3 Å². The standard InChI is InChI=1S/C49H29N5S3/c1-3-12-28(13-4-1)43-45-44(34-17-8-10-20-38(34)57-45)51-47(50-43)31-22-24-32-36-26-30(23-25-39(36)56-41(32)27-31)48-52-46(29-14-5-2-6-15-29)53-49(54-48)35-18-11-21-40-42(35)33-16-7-9-19-37(33)55-40/h1-8,10-18,20-27H,9,19H2. The van der Waals surface area contributed by atoms with Crippen molar-refractivity contribution in [3.63, 3.8) is 0 Å². The maximum Gasteiger partial charge on any atom is 0.164 e. The minimum Gasteiger partial charge on any atom is -0.226 e. The van der Waals surface area contributed by atoms with Crippen LogP contribution in [0, 0.1) is 0 Å². The van der Waals surface area contributed by atoms with Gasteiger partial charge in [0, 0.05) is 73.0 Å². The highest BCUT2D eigenvalue weighted by atomic mass is 32.1. The van der Waals surface area contributed by atoms with Crippen molar-refractivity contribution in [1.29, 1.82) is 0 Å². The van der Waals surface area contributed by atoms with Crippen molar-refractivity contribution in [1.82, 2.24) is 24.9 Å². The number of nitrogens with zero attached hydrogens (tertiary/aromatic N) is 5. The summed E-state index contributed by atoms with van der Waals surface area (Å²) in [6, 6.07) is 48.9. The zero-order valence-corrected chi connectivity index (χ0v) is 32.8. The van der Waals surface area contributed by atoms with Crippen LogP contribution in [-0.2, 0) is 6.42 Å². The van der Waals surface area contributed by atoms with E-state index in [9.17, 15) is 0 Å². The van der Waals surface area contributed by atoms with Crippen LogP contribution in [0.2, 0.25) is 0 Å². The Labute approximate surface area is 339 Å². The summed E-state index contributed by atoms with van der Waals surface area (Å²) in [6.07, 6.45) is 6.71. The predicted octanol–water partition coefficient (Wildman–Crippen LogP) is 13.9. The van der Waals surface area contributed by atoms with Gasteiger partial charge in [0.1, 0.15) is 0 Å². The Morgan fingerprint density at radius 3 is 2.02 bits per heavy atom. The fourth-order valence-electron chi connectivity index (χ4n) is 8.09. The Morgan fingerprint density at radius 2 is 1.14 bits per heavy atom. The van der Waals surface area contributed by atoms with Gasteiger partial charge in [-0.05, 0) is 54.8 Å². The summed E-state index contributed by atoms with van der Waals surface area (Å²) < 4.78 is 5.98. The summed E-state index contributed by atoms with van der Waals surface area (Å²) in [5, 5.41) is 4.75. The largest absolute Gasteiger partial charge is 0.226 e. The minimum absolute atomic E-state index is 0.659. The number of allylic oxidation sites excluding steroid dienone is 1. The molecule has 0 saturated heterocycles. The van der Waals surface area contributed by atoms with E-state index in [1.165, 1.54) is 45.4 Å². The number of fused-ring (bicyclic) bond motifs is 9. The fourth-order valence-corrected chi connectivity index (χ4v) is 11.6. The van der Waals surface area contributed by atoms with Crippen LogP contribution in [0.15, 0.2) is 146 Å². The van der Waals surface area contributed by atoms with Crippen molar-refractivity contribution < 1.29 is 0 Å². The van der Waals surface area contributed by atoms with Gasteiger partial charge in [-0.25, -0.2) is 24.9 Å². The summed E-state index contributed by atoms with van der Waals surface area (Å²) in [4.78, 5) is 27.3. The third-order valence-corrected chi connectivity index (χ3v) is 14.3. The zero-order chi connectivity index (χ0) is 37.5. The third-order valence-electron chi connectivity index (χ3n) is 10.8. The molecule has 0 fully saturated rings. The highest BCUT2D eigenvalue weighted by Crippen LogP contribution is 2.43. The second-order valence-electron chi connectivity index (χ2n) is 14.3. The van der Waals surface area contributed by atoms with Gasteiger partial charge in [0.05, 0.1) is 15.9 Å². The summed E-state index contributed by atoms with van der Waals surface area (Å²) in [6.45, 7) is 0. The van der Waals surface area contributed by atoms with Crippen LogP contribution in [0.1, 0.15) is 16.9 Å². The lowest BCUT2D eigenvalue weighted by Crippen LogP contribution is -2.00. The van der Waals surface area contributed by atoms with Crippen molar-refractivity contribution in [3.05, 3.63) is 156 Å². The highest BCUT2D eigenvalue weighted by molar-refractivity contribution is 7.26. The summed E-state index contributed by atoms with van der Waals surface area (Å²) in [7, 11) is 0. The Bertz CT molecular complexity index is 3420. The lowest BCUT2D eigenvalue weighted by Gasteiger charge is -2.11. The van der Waals surface area contributed by atoms with Crippen molar-refractivity contribution in [2.24, 2.45) is 0 Å². The number of hydrogen-bond donors (Lipinski definition) is 0. The Morgan fingerprint density at radius 1 is 0.439 bits per heavy atom. The summed E-state index contributed by atoms with van der Waals surface area (Å²) in [5.74, 6) is 2.74. The molecule has 0 atom stereocenters. The molecule has 6 aromatic carbocycles. The molecule has 5 heterocycles. The molecule has 0 bridgehead atoms. The van der Waals surface area contributed by atoms with Crippen LogP contribution >= 0.6 is 34.0 Å². The van der Waals surface area contributed by atoms with E-state index in [4.69, 9.17) is 24.9 Å². The van der Waals surface area contributed by atoms with Crippen LogP contribution in [0.3, 0.4) is 0 Å². The number of thiophene rings is 3. The molecule has 0 spiro atoms. The van der Waals surface area contributed by atoms with Crippen molar-refractivity contribution in [3.8, 4) is 56.8 Å². The molecule has 0 radical (unpaired) electrons. The molecule has 1 aliphatic carbocycles. The van der Waals surface area contributed by atoms with E-state index in [0.717, 1.165) is 67.8 Å². The molecule has 0 saturated carbocycles. The van der Waals surface area contributed by atoms with E-state index < -0.39 is 0 Å². The molecule has 5 aromatic heterocycles. The monoisotopic (exact) mass is 783 g/mol. The Hall–Kier alpha value is -6.45. The molecular weight excluding hydrogens is 755 g/mol. The highest BCUT2D eigenvalue weighted by Gasteiger charge is 2.21. The first-order valence-corrected chi connectivity index (χ1v) is 21.4. The van der Waals surface area contributed by atoms with Crippen LogP contribution in [0.25, 0.3) is 113 Å². The van der Waals surface area contributed by atoms with Gasteiger partial charge in [0.25, 0.3) is 0 Å². The van der Waals surface area contributed by atoms with Crippen molar-refractivity contribution >= 4 is 90.6 Å². The van der Waals surface area contributed by atoms with E-state index in [1.54, 1.807) is 22.7 Å². The van der Waals surface area contributed by atoms with Crippen LogP contribution in [-0.4, -0.2) is 24.9 Å². The first kappa shape index (κ1) is 32.8. The number of rotatable bonds is 5. The van der Waals surface area contributed by atoms with E-state index >= 15 is 0 Å². The molecule has 57 heavy (non-hydrogen) atoms. The van der Waals surface area contributed by atoms with Crippen molar-refractivity contribution in [2.75, 3.05) is 0 Å². The maximum absolute atomic E-state index is 5.24. The average Bonchev–Trinajstić information content (AvgIpc) is 3.97. The Kier molecular flexibility index (Phi) is 7.51. The lowest BCUT2D eigenvalue weighted by atomic mass is 9.99. The van der Waals surface area contributed by atoms with Gasteiger partial charge >= 0.3 is 0 Å². The number of hydrogen-bond acceptors (Lipinski definition) is 8. The summed E-state index contributed by atoms with van der Waals surface area (Å²) >= 11 is 5.43. The van der Waals surface area contributed by atoms with E-state index in [2.05, 4.69) is 127 Å². The molecule has 11 aromatic rings. The van der Waals surface area contributed by atoms with Gasteiger partial charge < -0.3 is 0 Å². The zero-order valence-electron chi connectivity index (χ0n) is 30.3. The van der Waals surface area contributed by atoms with Gasteiger partial charge in [-0.3, -0.25) is 0 Å². The van der Waals surface area contributed by atoms with Crippen molar-refractivity contribution in [2.45, 2.75) is 12.8 Å². The molecular formula is C49H29N5S3. The predicted molar refractivity (Wildman–Crippen MR) is 241 cm³/mol. The van der Waals surface area contributed by atoms with Crippen LogP contribution < -0.4 is 0 Å². The fraction of sp³-hybridized carbons (Fsp3) is 0.0408. The molecule has 0 unspecified atom stereocenters. The van der Waals surface area contributed by atoms with Gasteiger partial charge in [-0.1, -0.05) is 115 Å². The van der Waals surface area contributed by atoms with Crippen LogP contribution in [0.5, 0.6) is 0 Å². The molecule has 1 aliphatic rings. The number of aromatic nitrogens is 5. The Balaban J connectivity index is 1.00.